The third kappa shape index (κ3) is 3.27. The number of thiazole rings is 1. The molecule has 1 unspecified atom stereocenters. The molecule has 1 saturated heterocycles. The Hall–Kier alpha value is -1.81. The second-order valence-corrected chi connectivity index (χ2v) is 10.0. The molecule has 0 aliphatic carbocycles. The maximum atomic E-state index is 12.9. The number of nitrogens with one attached hydrogen (secondary N) is 1. The first-order valence-corrected chi connectivity index (χ1v) is 11.4. The minimum absolute atomic E-state index is 0.279. The molecule has 1 atom stereocenters. The lowest BCUT2D eigenvalue weighted by Gasteiger charge is -2.33. The maximum absolute atomic E-state index is 12.9. The van der Waals surface area contributed by atoms with Crippen LogP contribution in [0.5, 0.6) is 0 Å². The van der Waals surface area contributed by atoms with Crippen LogP contribution in [-0.4, -0.2) is 36.2 Å². The highest BCUT2D eigenvalue weighted by atomic mass is 32.2. The molecule has 1 aromatic carbocycles. The molecular weight excluding hydrogens is 390 g/mol. The van der Waals surface area contributed by atoms with Crippen LogP contribution >= 0.6 is 22.7 Å². The first-order chi connectivity index (χ1) is 12.6. The molecule has 3 heterocycles. The summed E-state index contributed by atoms with van der Waals surface area (Å²) in [6.45, 7) is 0.365. The Bertz CT molecular complexity index is 1030. The van der Waals surface area contributed by atoms with Gasteiger partial charge in [0.2, 0.25) is 5.91 Å². The van der Waals surface area contributed by atoms with Crippen molar-refractivity contribution >= 4 is 54.5 Å². The van der Waals surface area contributed by atoms with E-state index in [1.54, 1.807) is 23.0 Å². The molecule has 0 radical (unpaired) electrons. The van der Waals surface area contributed by atoms with Gasteiger partial charge < -0.3 is 5.32 Å². The summed E-state index contributed by atoms with van der Waals surface area (Å²) in [4.78, 5) is 17.1. The molecule has 136 valence electrons. The zero-order valence-corrected chi connectivity index (χ0v) is 16.2. The molecule has 0 spiro atoms. The zero-order valence-electron chi connectivity index (χ0n) is 13.8. The SMILES string of the molecule is O=C(Nc1ccc2scnc2c1)C1CCCCN1S(=O)(=O)c1cccs1. The molecule has 1 N–H and O–H groups in total. The van der Waals surface area contributed by atoms with Crippen LogP contribution in [0.2, 0.25) is 0 Å². The zero-order chi connectivity index (χ0) is 18.1. The van der Waals surface area contributed by atoms with Gasteiger partial charge in [-0.2, -0.15) is 4.31 Å². The predicted octanol–water partition coefficient (Wildman–Crippen LogP) is 3.54. The van der Waals surface area contributed by atoms with E-state index in [1.807, 2.05) is 18.2 Å². The summed E-state index contributed by atoms with van der Waals surface area (Å²) >= 11 is 2.71. The van der Waals surface area contributed by atoms with Crippen LogP contribution in [0.1, 0.15) is 19.3 Å². The highest BCUT2D eigenvalue weighted by Crippen LogP contribution is 2.29. The van der Waals surface area contributed by atoms with E-state index >= 15 is 0 Å². The van der Waals surface area contributed by atoms with Gasteiger partial charge in [-0.1, -0.05) is 12.5 Å². The number of amides is 1. The molecule has 26 heavy (non-hydrogen) atoms. The number of carbonyl (C=O) groups excluding carboxylic acids is 1. The van der Waals surface area contributed by atoms with Crippen LogP contribution in [0.3, 0.4) is 0 Å². The van der Waals surface area contributed by atoms with Crippen molar-refractivity contribution in [3.63, 3.8) is 0 Å². The number of sulfonamides is 1. The Kier molecular flexibility index (Phi) is 4.78. The molecule has 0 bridgehead atoms. The number of hydrogen-bond acceptors (Lipinski definition) is 6. The summed E-state index contributed by atoms with van der Waals surface area (Å²) in [7, 11) is -3.65. The van der Waals surface area contributed by atoms with Gasteiger partial charge in [0.1, 0.15) is 10.3 Å². The smallest absolute Gasteiger partial charge is 0.253 e. The second-order valence-electron chi connectivity index (χ2n) is 6.08. The lowest BCUT2D eigenvalue weighted by molar-refractivity contribution is -0.120. The molecule has 6 nitrogen and oxygen atoms in total. The number of aromatic nitrogens is 1. The van der Waals surface area contributed by atoms with Gasteiger partial charge in [0, 0.05) is 12.2 Å². The molecule has 2 aromatic heterocycles. The number of fused-ring (bicyclic) bond motifs is 1. The minimum atomic E-state index is -3.65. The quantitative estimate of drug-likeness (QED) is 0.717. The van der Waals surface area contributed by atoms with Crippen LogP contribution in [0.15, 0.2) is 45.4 Å². The van der Waals surface area contributed by atoms with Crippen molar-refractivity contribution in [2.75, 3.05) is 11.9 Å². The van der Waals surface area contributed by atoms with Gasteiger partial charge in [0.25, 0.3) is 10.0 Å². The largest absolute Gasteiger partial charge is 0.325 e. The number of piperidine rings is 1. The van der Waals surface area contributed by atoms with Crippen molar-refractivity contribution in [1.82, 2.24) is 9.29 Å². The molecule has 1 aliphatic heterocycles. The van der Waals surface area contributed by atoms with Crippen LogP contribution < -0.4 is 5.32 Å². The van der Waals surface area contributed by atoms with Gasteiger partial charge in [-0.3, -0.25) is 4.79 Å². The third-order valence-corrected chi connectivity index (χ3v) is 8.50. The van der Waals surface area contributed by atoms with Crippen molar-refractivity contribution in [3.8, 4) is 0 Å². The van der Waals surface area contributed by atoms with Gasteiger partial charge in [-0.05, 0) is 42.5 Å². The lowest BCUT2D eigenvalue weighted by atomic mass is 10.0. The number of hydrogen-bond donors (Lipinski definition) is 1. The van der Waals surface area contributed by atoms with Gasteiger partial charge >= 0.3 is 0 Å². The highest BCUT2D eigenvalue weighted by molar-refractivity contribution is 7.91. The summed E-state index contributed by atoms with van der Waals surface area (Å²) in [5.74, 6) is -0.292. The standard InChI is InChI=1S/C17H17N3O3S3/c21-17(19-12-6-7-15-13(10-12)18-11-25-15)14-4-1-2-8-20(14)26(22,23)16-5-3-9-24-16/h3,5-7,9-11,14H,1-2,4,8H2,(H,19,21). The fourth-order valence-corrected chi connectivity index (χ4v) is 6.58. The summed E-state index contributed by atoms with van der Waals surface area (Å²) in [5.41, 5.74) is 3.21. The van der Waals surface area contributed by atoms with E-state index in [4.69, 9.17) is 0 Å². The van der Waals surface area contributed by atoms with Crippen LogP contribution in [0.25, 0.3) is 10.2 Å². The number of carbonyl (C=O) groups is 1. The van der Waals surface area contributed by atoms with Crippen molar-refractivity contribution < 1.29 is 13.2 Å². The monoisotopic (exact) mass is 407 g/mol. The second kappa shape index (κ2) is 7.07. The minimum Gasteiger partial charge on any atom is -0.325 e. The fraction of sp³-hybridized carbons (Fsp3) is 0.294. The average molecular weight is 408 g/mol. The van der Waals surface area contributed by atoms with E-state index in [1.165, 1.54) is 27.0 Å². The van der Waals surface area contributed by atoms with E-state index in [0.717, 1.165) is 23.1 Å². The Labute approximate surface area is 159 Å². The van der Waals surface area contributed by atoms with Crippen molar-refractivity contribution in [2.45, 2.75) is 29.5 Å². The predicted molar refractivity (Wildman–Crippen MR) is 104 cm³/mol. The number of rotatable bonds is 4. The highest BCUT2D eigenvalue weighted by Gasteiger charge is 2.38. The fourth-order valence-electron chi connectivity index (χ4n) is 3.14. The number of anilines is 1. The molecular formula is C17H17N3O3S3. The number of thiophene rings is 1. The Balaban J connectivity index is 1.58. The summed E-state index contributed by atoms with van der Waals surface area (Å²) in [6.07, 6.45) is 2.12. The van der Waals surface area contributed by atoms with Crippen LogP contribution in [0, 0.1) is 0 Å². The maximum Gasteiger partial charge on any atom is 0.253 e. The Morgan fingerprint density at radius 2 is 2.12 bits per heavy atom. The summed E-state index contributed by atoms with van der Waals surface area (Å²) in [6, 6.07) is 8.13. The van der Waals surface area contributed by atoms with Gasteiger partial charge in [-0.25, -0.2) is 13.4 Å². The van der Waals surface area contributed by atoms with E-state index in [2.05, 4.69) is 10.3 Å². The first kappa shape index (κ1) is 17.6. The Morgan fingerprint density at radius 1 is 1.23 bits per heavy atom. The van der Waals surface area contributed by atoms with Crippen LogP contribution in [-0.2, 0) is 14.8 Å². The van der Waals surface area contributed by atoms with Crippen molar-refractivity contribution in [1.29, 1.82) is 0 Å². The molecule has 3 aromatic rings. The molecule has 4 rings (SSSR count). The molecule has 1 aliphatic rings. The molecule has 1 fully saturated rings. The number of benzene rings is 1. The van der Waals surface area contributed by atoms with Gasteiger partial charge in [0.05, 0.1) is 15.7 Å². The van der Waals surface area contributed by atoms with Crippen molar-refractivity contribution in [2.24, 2.45) is 0 Å². The lowest BCUT2D eigenvalue weighted by Crippen LogP contribution is -2.49. The van der Waals surface area contributed by atoms with E-state index < -0.39 is 16.1 Å². The van der Waals surface area contributed by atoms with Crippen molar-refractivity contribution in [3.05, 3.63) is 41.2 Å². The van der Waals surface area contributed by atoms with Gasteiger partial charge in [-0.15, -0.1) is 22.7 Å². The Morgan fingerprint density at radius 3 is 2.92 bits per heavy atom. The third-order valence-electron chi connectivity index (χ3n) is 4.41. The molecule has 1 amide bonds. The first-order valence-electron chi connectivity index (χ1n) is 8.25. The topological polar surface area (TPSA) is 79.4 Å². The van der Waals surface area contributed by atoms with E-state index in [0.29, 0.717) is 18.7 Å². The number of nitrogens with zero attached hydrogens (tertiary/aromatic N) is 2. The average Bonchev–Trinajstić information content (AvgIpc) is 3.33. The molecule has 0 saturated carbocycles. The van der Waals surface area contributed by atoms with E-state index in [-0.39, 0.29) is 10.1 Å². The molecule has 9 heteroatoms. The normalized spacial score (nSPS) is 18.8. The summed E-state index contributed by atoms with van der Waals surface area (Å²) in [5, 5.41) is 4.60. The van der Waals surface area contributed by atoms with E-state index in [9.17, 15) is 13.2 Å². The van der Waals surface area contributed by atoms with Crippen LogP contribution in [0.4, 0.5) is 5.69 Å². The summed E-state index contributed by atoms with van der Waals surface area (Å²) < 4.78 is 28.5. The van der Waals surface area contributed by atoms with Gasteiger partial charge in [0.15, 0.2) is 0 Å².